The molecule has 23 heavy (non-hydrogen) atoms. The summed E-state index contributed by atoms with van der Waals surface area (Å²) in [4.78, 5) is 24.5. The molecule has 1 amide bonds. The van der Waals surface area contributed by atoms with Gasteiger partial charge in [-0.3, -0.25) is 4.79 Å². The van der Waals surface area contributed by atoms with Crippen molar-refractivity contribution < 1.29 is 19.4 Å². The molecule has 1 aliphatic heterocycles. The van der Waals surface area contributed by atoms with Gasteiger partial charge in [0.2, 0.25) is 0 Å². The second-order valence-corrected chi connectivity index (χ2v) is 5.66. The molecule has 3 rings (SSSR count). The van der Waals surface area contributed by atoms with E-state index in [2.05, 4.69) is 6.07 Å². The molecule has 0 bridgehead atoms. The number of rotatable bonds is 3. The van der Waals surface area contributed by atoms with E-state index in [9.17, 15) is 14.7 Å². The molecule has 1 aromatic heterocycles. The van der Waals surface area contributed by atoms with Crippen LogP contribution >= 0.6 is 0 Å². The molecule has 1 N–H and O–H groups in total. The van der Waals surface area contributed by atoms with E-state index in [1.165, 1.54) is 4.90 Å². The minimum atomic E-state index is -0.879. The van der Waals surface area contributed by atoms with Crippen LogP contribution in [0.15, 0.2) is 24.4 Å². The third-order valence-corrected chi connectivity index (χ3v) is 4.29. The standard InChI is InChI=1S/C17H20N2O4/c1-2-23-15(20)11-19-9-6-13-4-3-12-5-8-18(17(21)22)10-7-14(12)16(13)19/h3-4,6,9H,2,5,7-8,10-11H2,1H3,(H,21,22). The maximum absolute atomic E-state index is 11.8. The molecular formula is C17H20N2O4. The van der Waals surface area contributed by atoms with Gasteiger partial charge in [0, 0.05) is 19.3 Å². The molecule has 0 fully saturated rings. The van der Waals surface area contributed by atoms with Crippen LogP contribution in [0, 0.1) is 0 Å². The summed E-state index contributed by atoms with van der Waals surface area (Å²) in [6.07, 6.45) is 2.37. The summed E-state index contributed by atoms with van der Waals surface area (Å²) in [7, 11) is 0. The van der Waals surface area contributed by atoms with Crippen molar-refractivity contribution in [3.05, 3.63) is 35.5 Å². The van der Waals surface area contributed by atoms with E-state index < -0.39 is 6.09 Å². The molecule has 0 saturated carbocycles. The topological polar surface area (TPSA) is 71.8 Å². The molecule has 2 aromatic rings. The highest BCUT2D eigenvalue weighted by Crippen LogP contribution is 2.27. The second kappa shape index (κ2) is 6.32. The highest BCUT2D eigenvalue weighted by atomic mass is 16.5. The molecule has 0 radical (unpaired) electrons. The monoisotopic (exact) mass is 316 g/mol. The molecule has 2 heterocycles. The highest BCUT2D eigenvalue weighted by Gasteiger charge is 2.21. The summed E-state index contributed by atoms with van der Waals surface area (Å²) in [6, 6.07) is 6.08. The average Bonchev–Trinajstić information content (AvgIpc) is 2.78. The molecular weight excluding hydrogens is 296 g/mol. The number of benzene rings is 1. The summed E-state index contributed by atoms with van der Waals surface area (Å²) < 4.78 is 6.94. The van der Waals surface area contributed by atoms with Crippen LogP contribution in [0.3, 0.4) is 0 Å². The number of ether oxygens (including phenoxy) is 1. The van der Waals surface area contributed by atoms with Crippen LogP contribution in [-0.4, -0.2) is 46.3 Å². The van der Waals surface area contributed by atoms with E-state index in [-0.39, 0.29) is 12.5 Å². The lowest BCUT2D eigenvalue weighted by Gasteiger charge is -2.15. The Kier molecular flexibility index (Phi) is 4.23. The van der Waals surface area contributed by atoms with Crippen molar-refractivity contribution in [1.82, 2.24) is 9.47 Å². The number of hydrogen-bond acceptors (Lipinski definition) is 3. The van der Waals surface area contributed by atoms with Crippen LogP contribution in [0.1, 0.15) is 18.1 Å². The zero-order valence-electron chi connectivity index (χ0n) is 13.1. The summed E-state index contributed by atoms with van der Waals surface area (Å²) in [5.74, 6) is -0.261. The van der Waals surface area contributed by atoms with Crippen LogP contribution in [0.5, 0.6) is 0 Å². The fourth-order valence-electron chi connectivity index (χ4n) is 3.21. The number of fused-ring (bicyclic) bond motifs is 3. The molecule has 0 aliphatic carbocycles. The van der Waals surface area contributed by atoms with Gasteiger partial charge in [-0.2, -0.15) is 0 Å². The molecule has 0 saturated heterocycles. The van der Waals surface area contributed by atoms with Crippen LogP contribution in [-0.2, 0) is 28.9 Å². The molecule has 6 nitrogen and oxygen atoms in total. The number of carboxylic acid groups (broad SMARTS) is 1. The van der Waals surface area contributed by atoms with Gasteiger partial charge in [-0.15, -0.1) is 0 Å². The normalized spacial score (nSPS) is 14.4. The molecule has 0 spiro atoms. The first-order chi connectivity index (χ1) is 11.1. The van der Waals surface area contributed by atoms with Gasteiger partial charge >= 0.3 is 12.1 Å². The Morgan fingerprint density at radius 3 is 2.74 bits per heavy atom. The van der Waals surface area contributed by atoms with Crippen molar-refractivity contribution in [2.75, 3.05) is 19.7 Å². The maximum Gasteiger partial charge on any atom is 0.407 e. The zero-order chi connectivity index (χ0) is 16.4. The highest BCUT2D eigenvalue weighted by molar-refractivity contribution is 5.86. The Labute approximate surface area is 134 Å². The van der Waals surface area contributed by atoms with Crippen molar-refractivity contribution in [3.63, 3.8) is 0 Å². The van der Waals surface area contributed by atoms with Crippen LogP contribution in [0.4, 0.5) is 4.79 Å². The summed E-state index contributed by atoms with van der Waals surface area (Å²) in [5, 5.41) is 10.3. The Morgan fingerprint density at radius 1 is 1.22 bits per heavy atom. The lowest BCUT2D eigenvalue weighted by atomic mass is 10.00. The van der Waals surface area contributed by atoms with E-state index in [1.54, 1.807) is 6.92 Å². The van der Waals surface area contributed by atoms with E-state index in [1.807, 2.05) is 22.9 Å². The number of nitrogens with zero attached hydrogens (tertiary/aromatic N) is 2. The molecule has 1 aromatic carbocycles. The van der Waals surface area contributed by atoms with Crippen LogP contribution in [0.25, 0.3) is 10.9 Å². The van der Waals surface area contributed by atoms with Gasteiger partial charge in [-0.25, -0.2) is 4.79 Å². The van der Waals surface area contributed by atoms with Gasteiger partial charge in [0.05, 0.1) is 12.1 Å². The Hall–Kier alpha value is -2.50. The first kappa shape index (κ1) is 15.4. The van der Waals surface area contributed by atoms with Crippen molar-refractivity contribution in [2.24, 2.45) is 0 Å². The fourth-order valence-corrected chi connectivity index (χ4v) is 3.21. The third kappa shape index (κ3) is 3.02. The summed E-state index contributed by atoms with van der Waals surface area (Å²) in [5.41, 5.74) is 3.31. The molecule has 0 unspecified atom stereocenters. The molecule has 1 aliphatic rings. The predicted octanol–water partition coefficient (Wildman–Crippen LogP) is 2.28. The van der Waals surface area contributed by atoms with E-state index >= 15 is 0 Å². The van der Waals surface area contributed by atoms with Crippen molar-refractivity contribution >= 4 is 23.0 Å². The molecule has 122 valence electrons. The number of carbonyl (C=O) groups is 2. The van der Waals surface area contributed by atoms with E-state index in [0.717, 1.165) is 22.0 Å². The van der Waals surface area contributed by atoms with Gasteiger partial charge < -0.3 is 19.3 Å². The maximum atomic E-state index is 11.8. The summed E-state index contributed by atoms with van der Waals surface area (Å²) in [6.45, 7) is 3.32. The average molecular weight is 316 g/mol. The zero-order valence-corrected chi connectivity index (χ0v) is 13.1. The van der Waals surface area contributed by atoms with Crippen LogP contribution < -0.4 is 0 Å². The second-order valence-electron chi connectivity index (χ2n) is 5.66. The lowest BCUT2D eigenvalue weighted by Crippen LogP contribution is -2.31. The first-order valence-corrected chi connectivity index (χ1v) is 7.83. The van der Waals surface area contributed by atoms with E-state index in [0.29, 0.717) is 32.5 Å². The van der Waals surface area contributed by atoms with Gasteiger partial charge in [-0.1, -0.05) is 12.1 Å². The van der Waals surface area contributed by atoms with Gasteiger partial charge in [-0.05, 0) is 42.3 Å². The number of carbonyl (C=O) groups excluding carboxylic acids is 1. The first-order valence-electron chi connectivity index (χ1n) is 7.83. The smallest absolute Gasteiger partial charge is 0.407 e. The van der Waals surface area contributed by atoms with Crippen molar-refractivity contribution in [1.29, 1.82) is 0 Å². The Morgan fingerprint density at radius 2 is 2.00 bits per heavy atom. The van der Waals surface area contributed by atoms with Gasteiger partial charge in [0.25, 0.3) is 0 Å². The minimum absolute atomic E-state index is 0.177. The number of aromatic nitrogens is 1. The minimum Gasteiger partial charge on any atom is -0.465 e. The number of amides is 1. The van der Waals surface area contributed by atoms with Crippen molar-refractivity contribution in [2.45, 2.75) is 26.3 Å². The fraction of sp³-hybridized carbons (Fsp3) is 0.412. The van der Waals surface area contributed by atoms with Crippen molar-refractivity contribution in [3.8, 4) is 0 Å². The quantitative estimate of drug-likeness (QED) is 0.882. The van der Waals surface area contributed by atoms with Gasteiger partial charge in [0.15, 0.2) is 0 Å². The van der Waals surface area contributed by atoms with Crippen LogP contribution in [0.2, 0.25) is 0 Å². The number of esters is 1. The molecule has 0 atom stereocenters. The third-order valence-electron chi connectivity index (χ3n) is 4.29. The summed E-state index contributed by atoms with van der Waals surface area (Å²) >= 11 is 0. The molecule has 6 heteroatoms. The van der Waals surface area contributed by atoms with Gasteiger partial charge in [0.1, 0.15) is 6.54 Å². The largest absolute Gasteiger partial charge is 0.465 e. The Bertz CT molecular complexity index is 750. The Balaban J connectivity index is 1.97. The lowest BCUT2D eigenvalue weighted by molar-refractivity contribution is -0.143. The number of hydrogen-bond donors (Lipinski definition) is 1. The predicted molar refractivity (Wildman–Crippen MR) is 85.6 cm³/mol. The van der Waals surface area contributed by atoms with E-state index in [4.69, 9.17) is 4.74 Å². The SMILES string of the molecule is CCOC(=O)Cn1ccc2ccc3c(c21)CCN(C(=O)O)CC3.